The molecule has 4 heteroatoms. The molecule has 4 rings (SSSR count). The van der Waals surface area contributed by atoms with Crippen LogP contribution in [0.5, 0.6) is 0 Å². The Bertz CT molecular complexity index is 836. The molecule has 0 atom stereocenters. The van der Waals surface area contributed by atoms with Gasteiger partial charge in [-0.2, -0.15) is 0 Å². The largest absolute Gasteiger partial charge is 0.372 e. The molecule has 0 unspecified atom stereocenters. The number of hydrogen-bond acceptors (Lipinski definition) is 4. The molecule has 0 radical (unpaired) electrons. The zero-order chi connectivity index (χ0) is 16.4. The summed E-state index contributed by atoms with van der Waals surface area (Å²) in [6.45, 7) is 4.50. The number of nitrogens with one attached hydrogen (secondary N) is 1. The van der Waals surface area contributed by atoms with Crippen molar-refractivity contribution in [2.24, 2.45) is 0 Å². The molecule has 0 saturated carbocycles. The first kappa shape index (κ1) is 14.9. The van der Waals surface area contributed by atoms with Crippen LogP contribution in [-0.2, 0) is 6.42 Å². The lowest BCUT2D eigenvalue weighted by atomic mass is 10.1. The monoisotopic (exact) mass is 318 g/mol. The van der Waals surface area contributed by atoms with E-state index >= 15 is 0 Å². The third-order valence-electron chi connectivity index (χ3n) is 4.71. The van der Waals surface area contributed by atoms with E-state index in [0.717, 1.165) is 28.8 Å². The van der Waals surface area contributed by atoms with Crippen LogP contribution in [-0.4, -0.2) is 23.1 Å². The van der Waals surface area contributed by atoms with E-state index in [1.54, 1.807) is 6.33 Å². The van der Waals surface area contributed by atoms with Crippen LogP contribution in [0.15, 0.2) is 48.8 Å². The number of aryl methyl sites for hydroxylation is 1. The quantitative estimate of drug-likeness (QED) is 0.767. The Balaban J connectivity index is 1.61. The third kappa shape index (κ3) is 2.92. The predicted octanol–water partition coefficient (Wildman–Crippen LogP) is 4.54. The summed E-state index contributed by atoms with van der Waals surface area (Å²) in [6.07, 6.45) is 5.23. The molecular formula is C20H22N4. The topological polar surface area (TPSA) is 41.1 Å². The molecule has 3 aromatic rings. The summed E-state index contributed by atoms with van der Waals surface area (Å²) >= 11 is 0. The molecule has 4 nitrogen and oxygen atoms in total. The van der Waals surface area contributed by atoms with Crippen molar-refractivity contribution in [1.29, 1.82) is 0 Å². The average Bonchev–Trinajstić information content (AvgIpc) is 3.17. The summed E-state index contributed by atoms with van der Waals surface area (Å²) in [5, 5.41) is 4.52. The number of rotatable bonds is 4. The van der Waals surface area contributed by atoms with Crippen molar-refractivity contribution in [2.75, 3.05) is 23.3 Å². The van der Waals surface area contributed by atoms with Crippen LogP contribution in [0.2, 0.25) is 0 Å². The van der Waals surface area contributed by atoms with Crippen molar-refractivity contribution in [1.82, 2.24) is 9.97 Å². The van der Waals surface area contributed by atoms with Crippen molar-refractivity contribution >= 4 is 28.1 Å². The molecule has 1 aliphatic heterocycles. The molecule has 1 saturated heterocycles. The van der Waals surface area contributed by atoms with E-state index < -0.39 is 0 Å². The lowest BCUT2D eigenvalue weighted by Gasteiger charge is -2.18. The van der Waals surface area contributed by atoms with Gasteiger partial charge < -0.3 is 10.2 Å². The molecule has 0 aliphatic carbocycles. The van der Waals surface area contributed by atoms with E-state index in [-0.39, 0.29) is 0 Å². The van der Waals surface area contributed by atoms with Gasteiger partial charge in [-0.1, -0.05) is 13.0 Å². The van der Waals surface area contributed by atoms with Gasteiger partial charge in [0.05, 0.1) is 5.52 Å². The minimum Gasteiger partial charge on any atom is -0.372 e. The second-order valence-corrected chi connectivity index (χ2v) is 6.29. The summed E-state index contributed by atoms with van der Waals surface area (Å²) in [5.41, 5.74) is 4.63. The maximum absolute atomic E-state index is 4.44. The number of hydrogen-bond donors (Lipinski definition) is 1. The van der Waals surface area contributed by atoms with E-state index in [0.29, 0.717) is 0 Å². The van der Waals surface area contributed by atoms with Crippen molar-refractivity contribution in [3.05, 3.63) is 54.4 Å². The first-order valence-corrected chi connectivity index (χ1v) is 8.69. The van der Waals surface area contributed by atoms with Crippen LogP contribution in [0.4, 0.5) is 17.2 Å². The van der Waals surface area contributed by atoms with Gasteiger partial charge in [0.2, 0.25) is 0 Å². The SMILES string of the molecule is CCc1ccc2ncnc(Nc3ccc(N4CCCC4)cc3)c2c1. The van der Waals surface area contributed by atoms with Gasteiger partial charge in [0.15, 0.2) is 0 Å². The Hall–Kier alpha value is -2.62. The number of benzene rings is 2. The molecule has 1 N–H and O–H groups in total. The summed E-state index contributed by atoms with van der Waals surface area (Å²) < 4.78 is 0. The fourth-order valence-electron chi connectivity index (χ4n) is 3.29. The van der Waals surface area contributed by atoms with E-state index in [1.165, 1.54) is 37.2 Å². The zero-order valence-electron chi connectivity index (χ0n) is 14.0. The molecule has 122 valence electrons. The average molecular weight is 318 g/mol. The van der Waals surface area contributed by atoms with Crippen LogP contribution in [0.1, 0.15) is 25.3 Å². The fraction of sp³-hybridized carbons (Fsp3) is 0.300. The lowest BCUT2D eigenvalue weighted by Crippen LogP contribution is -2.17. The van der Waals surface area contributed by atoms with E-state index in [2.05, 4.69) is 69.6 Å². The summed E-state index contributed by atoms with van der Waals surface area (Å²) in [5.74, 6) is 0.865. The minimum atomic E-state index is 0.865. The van der Waals surface area contributed by atoms with E-state index in [1.807, 2.05) is 0 Å². The zero-order valence-corrected chi connectivity index (χ0v) is 14.0. The number of nitrogens with zero attached hydrogens (tertiary/aromatic N) is 3. The third-order valence-corrected chi connectivity index (χ3v) is 4.71. The summed E-state index contributed by atoms with van der Waals surface area (Å²) in [6, 6.07) is 15.0. The lowest BCUT2D eigenvalue weighted by molar-refractivity contribution is 0.949. The summed E-state index contributed by atoms with van der Waals surface area (Å²) in [7, 11) is 0. The molecule has 1 aliphatic rings. The van der Waals surface area contributed by atoms with Crippen LogP contribution < -0.4 is 10.2 Å². The van der Waals surface area contributed by atoms with Crippen LogP contribution in [0, 0.1) is 0 Å². The van der Waals surface area contributed by atoms with Gasteiger partial charge in [-0.3, -0.25) is 0 Å². The number of aromatic nitrogens is 2. The predicted molar refractivity (Wildman–Crippen MR) is 100 cm³/mol. The van der Waals surface area contributed by atoms with Crippen LogP contribution in [0.3, 0.4) is 0 Å². The molecule has 24 heavy (non-hydrogen) atoms. The van der Waals surface area contributed by atoms with Gasteiger partial charge in [0.1, 0.15) is 12.1 Å². The van der Waals surface area contributed by atoms with E-state index in [4.69, 9.17) is 0 Å². The molecule has 0 amide bonds. The number of anilines is 3. The van der Waals surface area contributed by atoms with Crippen molar-refractivity contribution in [2.45, 2.75) is 26.2 Å². The standard InChI is InChI=1S/C20H22N4/c1-2-15-5-10-19-18(13-15)20(22-14-21-19)23-16-6-8-17(9-7-16)24-11-3-4-12-24/h5-10,13-14H,2-4,11-12H2,1H3,(H,21,22,23). The summed E-state index contributed by atoms with van der Waals surface area (Å²) in [4.78, 5) is 11.3. The second-order valence-electron chi connectivity index (χ2n) is 6.29. The first-order chi connectivity index (χ1) is 11.8. The normalized spacial score (nSPS) is 14.3. The van der Waals surface area contributed by atoms with Crippen molar-refractivity contribution in [3.8, 4) is 0 Å². The highest BCUT2D eigenvalue weighted by molar-refractivity contribution is 5.91. The molecular weight excluding hydrogens is 296 g/mol. The van der Waals surface area contributed by atoms with Crippen molar-refractivity contribution in [3.63, 3.8) is 0 Å². The highest BCUT2D eigenvalue weighted by Crippen LogP contribution is 2.26. The van der Waals surface area contributed by atoms with Crippen molar-refractivity contribution < 1.29 is 0 Å². The Morgan fingerprint density at radius 2 is 1.79 bits per heavy atom. The minimum absolute atomic E-state index is 0.865. The van der Waals surface area contributed by atoms with Gasteiger partial charge in [-0.15, -0.1) is 0 Å². The maximum Gasteiger partial charge on any atom is 0.141 e. The molecule has 1 aromatic heterocycles. The van der Waals surface area contributed by atoms with Gasteiger partial charge in [-0.05, 0) is 61.2 Å². The van der Waals surface area contributed by atoms with Gasteiger partial charge >= 0.3 is 0 Å². The Labute approximate surface area is 142 Å². The molecule has 0 spiro atoms. The molecule has 1 fully saturated rings. The van der Waals surface area contributed by atoms with Gasteiger partial charge in [0, 0.05) is 29.9 Å². The maximum atomic E-state index is 4.44. The Morgan fingerprint density at radius 3 is 2.54 bits per heavy atom. The molecule has 0 bridgehead atoms. The highest BCUT2D eigenvalue weighted by Gasteiger charge is 2.12. The molecule has 2 heterocycles. The first-order valence-electron chi connectivity index (χ1n) is 8.69. The van der Waals surface area contributed by atoms with Gasteiger partial charge in [-0.25, -0.2) is 9.97 Å². The number of fused-ring (bicyclic) bond motifs is 1. The van der Waals surface area contributed by atoms with Crippen LogP contribution in [0.25, 0.3) is 10.9 Å². The second kappa shape index (κ2) is 6.48. The van der Waals surface area contributed by atoms with E-state index in [9.17, 15) is 0 Å². The highest BCUT2D eigenvalue weighted by atomic mass is 15.1. The smallest absolute Gasteiger partial charge is 0.141 e. The fourth-order valence-corrected chi connectivity index (χ4v) is 3.29. The molecule has 2 aromatic carbocycles. The Morgan fingerprint density at radius 1 is 1.00 bits per heavy atom. The van der Waals surface area contributed by atoms with Crippen LogP contribution >= 0.6 is 0 Å². The van der Waals surface area contributed by atoms with Gasteiger partial charge in [0.25, 0.3) is 0 Å². The Kier molecular flexibility index (Phi) is 4.03.